The third-order valence-corrected chi connectivity index (χ3v) is 5.67. The predicted molar refractivity (Wildman–Crippen MR) is 114 cm³/mol. The summed E-state index contributed by atoms with van der Waals surface area (Å²) in [4.78, 5) is 24.0. The topological polar surface area (TPSA) is 51.0 Å². The number of anilines is 1. The van der Waals surface area contributed by atoms with Crippen molar-refractivity contribution in [2.45, 2.75) is 45.6 Å². The van der Waals surface area contributed by atoms with Gasteiger partial charge in [0, 0.05) is 42.7 Å². The number of rotatable bonds is 3. The van der Waals surface area contributed by atoms with Crippen LogP contribution in [-0.2, 0) is 12.0 Å². The Kier molecular flexibility index (Phi) is 4.92. The average Bonchev–Trinajstić information content (AvgIpc) is 2.69. The van der Waals surface area contributed by atoms with Crippen LogP contribution in [0.1, 0.15) is 39.3 Å². The highest BCUT2D eigenvalue weighted by Gasteiger charge is 2.23. The van der Waals surface area contributed by atoms with Crippen molar-refractivity contribution < 1.29 is 0 Å². The molecule has 3 heterocycles. The maximum absolute atomic E-state index is 12.5. The molecular weight excluding hydrogens is 348 g/mol. The molecule has 0 N–H and O–H groups in total. The zero-order valence-electron chi connectivity index (χ0n) is 16.9. The number of pyridine rings is 1. The molecular formula is C23H28N4O. The fraction of sp³-hybridized carbons (Fsp3) is 0.435. The van der Waals surface area contributed by atoms with E-state index in [2.05, 4.69) is 66.0 Å². The summed E-state index contributed by atoms with van der Waals surface area (Å²) < 4.78 is 1.77. The summed E-state index contributed by atoms with van der Waals surface area (Å²) in [5.74, 6) is 1.57. The third kappa shape index (κ3) is 3.79. The Morgan fingerprint density at radius 3 is 2.54 bits per heavy atom. The number of hydrogen-bond donors (Lipinski definition) is 0. The van der Waals surface area contributed by atoms with E-state index < -0.39 is 0 Å². The molecule has 5 nitrogen and oxygen atoms in total. The van der Waals surface area contributed by atoms with Crippen LogP contribution in [0.4, 0.5) is 5.82 Å². The van der Waals surface area contributed by atoms with Crippen LogP contribution in [0.5, 0.6) is 0 Å². The molecule has 0 saturated carbocycles. The smallest absolute Gasteiger partial charge is 0.253 e. The first kappa shape index (κ1) is 18.7. The molecule has 1 fully saturated rings. The van der Waals surface area contributed by atoms with Crippen LogP contribution in [-0.4, -0.2) is 27.6 Å². The highest BCUT2D eigenvalue weighted by molar-refractivity contribution is 5.92. The van der Waals surface area contributed by atoms with Crippen LogP contribution in [0.3, 0.4) is 0 Å². The van der Waals surface area contributed by atoms with E-state index >= 15 is 0 Å². The van der Waals surface area contributed by atoms with Gasteiger partial charge in [0.1, 0.15) is 5.82 Å². The van der Waals surface area contributed by atoms with Crippen LogP contribution < -0.4 is 10.5 Å². The highest BCUT2D eigenvalue weighted by Crippen LogP contribution is 2.28. The third-order valence-electron chi connectivity index (χ3n) is 5.67. The second-order valence-corrected chi connectivity index (χ2v) is 8.80. The quantitative estimate of drug-likeness (QED) is 0.693. The van der Waals surface area contributed by atoms with Crippen LogP contribution in [0.2, 0.25) is 0 Å². The second kappa shape index (κ2) is 7.38. The van der Waals surface area contributed by atoms with E-state index in [1.54, 1.807) is 17.0 Å². The molecule has 1 aromatic carbocycles. The average molecular weight is 377 g/mol. The van der Waals surface area contributed by atoms with Crippen molar-refractivity contribution in [3.8, 4) is 0 Å². The molecule has 0 bridgehead atoms. The molecule has 0 radical (unpaired) electrons. The summed E-state index contributed by atoms with van der Waals surface area (Å²) in [5.41, 5.74) is 0.804. The Morgan fingerprint density at radius 1 is 1.07 bits per heavy atom. The normalized spacial score (nSPS) is 15.9. The minimum absolute atomic E-state index is 0.0538. The first-order valence-electron chi connectivity index (χ1n) is 10.1. The zero-order valence-corrected chi connectivity index (χ0v) is 16.9. The van der Waals surface area contributed by atoms with Gasteiger partial charge in [0.15, 0.2) is 0 Å². The highest BCUT2D eigenvalue weighted by atomic mass is 16.1. The number of nitrogens with zero attached hydrogens (tertiary/aromatic N) is 4. The lowest BCUT2D eigenvalue weighted by Crippen LogP contribution is -2.37. The number of benzene rings is 1. The van der Waals surface area contributed by atoms with Crippen molar-refractivity contribution in [2.75, 3.05) is 18.0 Å². The molecule has 2 aromatic heterocycles. The Morgan fingerprint density at radius 2 is 1.82 bits per heavy atom. The zero-order chi connectivity index (χ0) is 19.7. The first-order chi connectivity index (χ1) is 13.4. The van der Waals surface area contributed by atoms with E-state index in [1.807, 2.05) is 6.20 Å². The van der Waals surface area contributed by atoms with Gasteiger partial charge in [-0.15, -0.1) is 0 Å². The van der Waals surface area contributed by atoms with E-state index in [9.17, 15) is 4.79 Å². The molecule has 3 aromatic rings. The van der Waals surface area contributed by atoms with E-state index in [1.165, 1.54) is 10.8 Å². The fourth-order valence-electron chi connectivity index (χ4n) is 3.93. The standard InChI is InChI=1S/C23H28N4O/c1-23(2,3)20-14-21(28)27(16-25-20)15-17-9-12-26(13-10-17)22-19-7-5-4-6-18(19)8-11-24-22/h4-8,11,14,16-17H,9-10,12-13,15H2,1-3H3. The largest absolute Gasteiger partial charge is 0.356 e. The molecule has 28 heavy (non-hydrogen) atoms. The monoisotopic (exact) mass is 376 g/mol. The lowest BCUT2D eigenvalue weighted by Gasteiger charge is -2.33. The Balaban J connectivity index is 1.44. The maximum Gasteiger partial charge on any atom is 0.253 e. The van der Waals surface area contributed by atoms with E-state index in [0.29, 0.717) is 5.92 Å². The van der Waals surface area contributed by atoms with Crippen molar-refractivity contribution >= 4 is 16.6 Å². The number of hydrogen-bond acceptors (Lipinski definition) is 4. The van der Waals surface area contributed by atoms with Crippen molar-refractivity contribution in [2.24, 2.45) is 5.92 Å². The molecule has 5 heteroatoms. The van der Waals surface area contributed by atoms with Gasteiger partial charge in [-0.1, -0.05) is 45.0 Å². The van der Waals surface area contributed by atoms with Gasteiger partial charge in [-0.25, -0.2) is 9.97 Å². The summed E-state index contributed by atoms with van der Waals surface area (Å²) in [7, 11) is 0. The summed E-state index contributed by atoms with van der Waals surface area (Å²) in [5, 5.41) is 2.44. The minimum Gasteiger partial charge on any atom is -0.356 e. The number of aromatic nitrogens is 3. The number of fused-ring (bicyclic) bond motifs is 1. The minimum atomic E-state index is -0.102. The maximum atomic E-state index is 12.5. The number of piperidine rings is 1. The molecule has 1 aliphatic heterocycles. The van der Waals surface area contributed by atoms with Gasteiger partial charge in [-0.05, 0) is 30.2 Å². The van der Waals surface area contributed by atoms with Crippen molar-refractivity contribution in [1.29, 1.82) is 0 Å². The van der Waals surface area contributed by atoms with Crippen LogP contribution in [0, 0.1) is 5.92 Å². The van der Waals surface area contributed by atoms with Crippen molar-refractivity contribution in [3.05, 3.63) is 65.0 Å². The summed E-state index contributed by atoms with van der Waals surface area (Å²) in [6, 6.07) is 12.2. The molecule has 4 rings (SSSR count). The summed E-state index contributed by atoms with van der Waals surface area (Å²) in [6.45, 7) is 8.91. The lowest BCUT2D eigenvalue weighted by atomic mass is 9.92. The molecule has 0 atom stereocenters. The van der Waals surface area contributed by atoms with Gasteiger partial charge >= 0.3 is 0 Å². The van der Waals surface area contributed by atoms with Gasteiger partial charge in [0.05, 0.1) is 12.0 Å². The molecule has 0 unspecified atom stereocenters. The molecule has 0 aliphatic carbocycles. The van der Waals surface area contributed by atoms with Crippen LogP contribution in [0.15, 0.2) is 53.7 Å². The van der Waals surface area contributed by atoms with E-state index in [0.717, 1.165) is 44.0 Å². The van der Waals surface area contributed by atoms with E-state index in [-0.39, 0.29) is 11.0 Å². The SMILES string of the molecule is CC(C)(C)c1cc(=O)n(CC2CCN(c3nccc4ccccc34)CC2)cn1. The first-order valence-corrected chi connectivity index (χ1v) is 10.1. The molecule has 1 aliphatic rings. The van der Waals surface area contributed by atoms with Crippen LogP contribution in [0.25, 0.3) is 10.8 Å². The Labute approximate surface area is 166 Å². The predicted octanol–water partition coefficient (Wildman–Crippen LogP) is 4.01. The van der Waals surface area contributed by atoms with Gasteiger partial charge in [0.25, 0.3) is 5.56 Å². The summed E-state index contributed by atoms with van der Waals surface area (Å²) >= 11 is 0. The second-order valence-electron chi connectivity index (χ2n) is 8.80. The van der Waals surface area contributed by atoms with Crippen LogP contribution >= 0.6 is 0 Å². The van der Waals surface area contributed by atoms with Gasteiger partial charge < -0.3 is 4.90 Å². The molecule has 1 saturated heterocycles. The molecule has 146 valence electrons. The Hall–Kier alpha value is -2.69. The van der Waals surface area contributed by atoms with E-state index in [4.69, 9.17) is 0 Å². The molecule has 0 spiro atoms. The van der Waals surface area contributed by atoms with Gasteiger partial charge in [-0.2, -0.15) is 0 Å². The summed E-state index contributed by atoms with van der Waals surface area (Å²) in [6.07, 6.45) is 5.73. The lowest BCUT2D eigenvalue weighted by molar-refractivity contribution is 0.349. The van der Waals surface area contributed by atoms with Crippen molar-refractivity contribution in [1.82, 2.24) is 14.5 Å². The van der Waals surface area contributed by atoms with Gasteiger partial charge in [0.2, 0.25) is 0 Å². The van der Waals surface area contributed by atoms with Crippen molar-refractivity contribution in [3.63, 3.8) is 0 Å². The fourth-order valence-corrected chi connectivity index (χ4v) is 3.93. The Bertz CT molecular complexity index is 1020. The molecule has 0 amide bonds. The van der Waals surface area contributed by atoms with Gasteiger partial charge in [-0.3, -0.25) is 9.36 Å².